The zero-order valence-corrected chi connectivity index (χ0v) is 15.8. The van der Waals surface area contributed by atoms with Crippen LogP contribution in [-0.2, 0) is 0 Å². The normalized spacial score (nSPS) is 15.1. The smallest absolute Gasteiger partial charge is 0.253 e. The summed E-state index contributed by atoms with van der Waals surface area (Å²) >= 11 is 6.41. The number of carbonyl (C=O) groups is 1. The molecule has 0 bridgehead atoms. The summed E-state index contributed by atoms with van der Waals surface area (Å²) in [6.07, 6.45) is 2.28. The van der Waals surface area contributed by atoms with Crippen LogP contribution in [0.5, 0.6) is 0 Å². The molecule has 0 aromatic heterocycles. The third-order valence-corrected chi connectivity index (χ3v) is 5.21. The zero-order chi connectivity index (χ0) is 18.5. The van der Waals surface area contributed by atoms with Gasteiger partial charge in [-0.25, -0.2) is 0 Å². The third kappa shape index (κ3) is 4.37. The lowest BCUT2D eigenvalue weighted by Gasteiger charge is -2.22. The van der Waals surface area contributed by atoms with E-state index in [-0.39, 0.29) is 5.91 Å². The molecule has 2 aromatic carbocycles. The molecule has 0 radical (unpaired) electrons. The van der Waals surface area contributed by atoms with Gasteiger partial charge >= 0.3 is 0 Å². The Kier molecular flexibility index (Phi) is 6.17. The number of rotatable bonds is 6. The first-order valence-corrected chi connectivity index (χ1v) is 9.47. The molecule has 1 fully saturated rings. The second kappa shape index (κ2) is 8.56. The van der Waals surface area contributed by atoms with Gasteiger partial charge in [-0.2, -0.15) is 0 Å². The molecule has 0 spiro atoms. The molecule has 5 heteroatoms. The molecule has 1 atom stereocenters. The van der Waals surface area contributed by atoms with E-state index in [0.717, 1.165) is 24.3 Å². The van der Waals surface area contributed by atoms with Gasteiger partial charge < -0.3 is 14.9 Å². The van der Waals surface area contributed by atoms with Crippen molar-refractivity contribution in [2.45, 2.75) is 25.4 Å². The van der Waals surface area contributed by atoms with E-state index in [0.29, 0.717) is 23.6 Å². The highest BCUT2D eigenvalue weighted by Gasteiger charge is 2.19. The summed E-state index contributed by atoms with van der Waals surface area (Å²) in [5.74, 6) is -0.0832. The van der Waals surface area contributed by atoms with Gasteiger partial charge in [-0.15, -0.1) is 0 Å². The molecular formula is C21H25ClN2O2. The minimum absolute atomic E-state index is 0.0832. The fraction of sp³-hybridized carbons (Fsp3) is 0.381. The highest BCUT2D eigenvalue weighted by Crippen LogP contribution is 2.30. The minimum Gasteiger partial charge on any atom is -0.388 e. The summed E-state index contributed by atoms with van der Waals surface area (Å²) < 4.78 is 0. The Bertz CT molecular complexity index is 745. The van der Waals surface area contributed by atoms with Crippen LogP contribution in [-0.4, -0.2) is 42.6 Å². The van der Waals surface area contributed by atoms with Crippen LogP contribution in [0.3, 0.4) is 0 Å². The van der Waals surface area contributed by atoms with Crippen LogP contribution in [0.2, 0.25) is 5.02 Å². The molecule has 1 heterocycles. The standard InChI is InChI=1S/C21H25ClN2O2/c1-23(14-11-20(25)16-7-3-2-4-8-16)21(26)17-9-10-19(18(22)15-17)24-12-5-6-13-24/h2-4,7-10,15,20,25H,5-6,11-14H2,1H3. The van der Waals surface area contributed by atoms with Crippen LogP contribution >= 0.6 is 11.6 Å². The van der Waals surface area contributed by atoms with Crippen molar-refractivity contribution in [1.82, 2.24) is 4.90 Å². The molecule has 26 heavy (non-hydrogen) atoms. The second-order valence-electron chi connectivity index (χ2n) is 6.80. The van der Waals surface area contributed by atoms with E-state index in [1.807, 2.05) is 42.5 Å². The predicted octanol–water partition coefficient (Wildman–Crippen LogP) is 4.14. The maximum Gasteiger partial charge on any atom is 0.253 e. The highest BCUT2D eigenvalue weighted by atomic mass is 35.5. The van der Waals surface area contributed by atoms with Crippen molar-refractivity contribution in [1.29, 1.82) is 0 Å². The average molecular weight is 373 g/mol. The number of aliphatic hydroxyl groups is 1. The predicted molar refractivity (Wildman–Crippen MR) is 106 cm³/mol. The number of anilines is 1. The van der Waals surface area contributed by atoms with Gasteiger partial charge in [-0.05, 0) is 43.0 Å². The number of amides is 1. The summed E-state index contributed by atoms with van der Waals surface area (Å²) in [4.78, 5) is 16.5. The molecule has 0 saturated carbocycles. The van der Waals surface area contributed by atoms with Crippen LogP contribution in [0.1, 0.15) is 41.3 Å². The van der Waals surface area contributed by atoms with Crippen LogP contribution in [0.4, 0.5) is 5.69 Å². The fourth-order valence-electron chi connectivity index (χ4n) is 3.33. The van der Waals surface area contributed by atoms with Gasteiger partial charge in [-0.3, -0.25) is 4.79 Å². The number of carbonyl (C=O) groups excluding carboxylic acids is 1. The fourth-order valence-corrected chi connectivity index (χ4v) is 3.63. The molecule has 0 aliphatic carbocycles. The van der Waals surface area contributed by atoms with Gasteiger partial charge in [-0.1, -0.05) is 41.9 Å². The Morgan fingerprint density at radius 1 is 1.19 bits per heavy atom. The largest absolute Gasteiger partial charge is 0.388 e. The maximum absolute atomic E-state index is 12.7. The van der Waals surface area contributed by atoms with Gasteiger partial charge in [0.25, 0.3) is 5.91 Å². The van der Waals surface area contributed by atoms with Crippen molar-refractivity contribution in [3.63, 3.8) is 0 Å². The van der Waals surface area contributed by atoms with E-state index in [4.69, 9.17) is 11.6 Å². The maximum atomic E-state index is 12.7. The molecule has 1 aliphatic heterocycles. The van der Waals surface area contributed by atoms with Crippen LogP contribution < -0.4 is 4.90 Å². The van der Waals surface area contributed by atoms with Crippen molar-refractivity contribution in [3.8, 4) is 0 Å². The van der Waals surface area contributed by atoms with Gasteiger partial charge in [0.1, 0.15) is 0 Å². The Morgan fingerprint density at radius 2 is 1.88 bits per heavy atom. The lowest BCUT2D eigenvalue weighted by Crippen LogP contribution is -2.29. The van der Waals surface area contributed by atoms with Crippen LogP contribution in [0.25, 0.3) is 0 Å². The summed E-state index contributed by atoms with van der Waals surface area (Å²) in [7, 11) is 1.75. The molecular weight excluding hydrogens is 348 g/mol. The summed E-state index contributed by atoms with van der Waals surface area (Å²) in [5.41, 5.74) is 2.45. The Balaban J connectivity index is 1.60. The molecule has 3 rings (SSSR count). The molecule has 1 saturated heterocycles. The minimum atomic E-state index is -0.576. The van der Waals surface area contributed by atoms with E-state index in [1.54, 1.807) is 18.0 Å². The first-order chi connectivity index (χ1) is 12.6. The van der Waals surface area contributed by atoms with Crippen molar-refractivity contribution >= 4 is 23.2 Å². The zero-order valence-electron chi connectivity index (χ0n) is 15.1. The number of halogens is 1. The molecule has 1 N–H and O–H groups in total. The first kappa shape index (κ1) is 18.7. The summed E-state index contributed by atoms with van der Waals surface area (Å²) in [5, 5.41) is 10.9. The lowest BCUT2D eigenvalue weighted by atomic mass is 10.1. The topological polar surface area (TPSA) is 43.8 Å². The highest BCUT2D eigenvalue weighted by molar-refractivity contribution is 6.33. The quantitative estimate of drug-likeness (QED) is 0.828. The number of benzene rings is 2. The molecule has 1 amide bonds. The van der Waals surface area contributed by atoms with E-state index < -0.39 is 6.10 Å². The number of hydrogen-bond acceptors (Lipinski definition) is 3. The van der Waals surface area contributed by atoms with Crippen molar-refractivity contribution in [2.24, 2.45) is 0 Å². The molecule has 1 aliphatic rings. The molecule has 2 aromatic rings. The van der Waals surface area contributed by atoms with E-state index in [2.05, 4.69) is 4.90 Å². The third-order valence-electron chi connectivity index (χ3n) is 4.91. The first-order valence-electron chi connectivity index (χ1n) is 9.09. The number of nitrogens with zero attached hydrogens (tertiary/aromatic N) is 2. The van der Waals surface area contributed by atoms with Gasteiger partial charge in [0, 0.05) is 32.2 Å². The van der Waals surface area contributed by atoms with Gasteiger partial charge in [0.2, 0.25) is 0 Å². The average Bonchev–Trinajstić information content (AvgIpc) is 3.20. The van der Waals surface area contributed by atoms with Crippen molar-refractivity contribution < 1.29 is 9.90 Å². The number of hydrogen-bond donors (Lipinski definition) is 1. The van der Waals surface area contributed by atoms with Crippen LogP contribution in [0, 0.1) is 0 Å². The molecule has 4 nitrogen and oxygen atoms in total. The second-order valence-corrected chi connectivity index (χ2v) is 7.21. The van der Waals surface area contributed by atoms with E-state index >= 15 is 0 Å². The van der Waals surface area contributed by atoms with Crippen LogP contribution in [0.15, 0.2) is 48.5 Å². The number of aliphatic hydroxyl groups excluding tert-OH is 1. The lowest BCUT2D eigenvalue weighted by molar-refractivity contribution is 0.0761. The summed E-state index contributed by atoms with van der Waals surface area (Å²) in [6, 6.07) is 15.0. The Labute approximate surface area is 160 Å². The molecule has 1 unspecified atom stereocenters. The van der Waals surface area contributed by atoms with E-state index in [1.165, 1.54) is 12.8 Å². The SMILES string of the molecule is CN(CCC(O)c1ccccc1)C(=O)c1ccc(N2CCCC2)c(Cl)c1. The van der Waals surface area contributed by atoms with Gasteiger partial charge in [0.05, 0.1) is 16.8 Å². The monoisotopic (exact) mass is 372 g/mol. The Hall–Kier alpha value is -2.04. The summed E-state index contributed by atoms with van der Waals surface area (Å²) in [6.45, 7) is 2.51. The molecule has 138 valence electrons. The van der Waals surface area contributed by atoms with Gasteiger partial charge in [0.15, 0.2) is 0 Å². The van der Waals surface area contributed by atoms with E-state index in [9.17, 15) is 9.90 Å². The Morgan fingerprint density at radius 3 is 2.54 bits per heavy atom. The van der Waals surface area contributed by atoms with Crippen molar-refractivity contribution in [2.75, 3.05) is 31.6 Å². The van der Waals surface area contributed by atoms with Crippen molar-refractivity contribution in [3.05, 3.63) is 64.7 Å².